The van der Waals surface area contributed by atoms with E-state index in [9.17, 15) is 9.90 Å². The van der Waals surface area contributed by atoms with E-state index in [1.54, 1.807) is 13.8 Å². The number of aliphatic hydroxyl groups excluding tert-OH is 3. The Kier molecular flexibility index (Phi) is 4.90. The van der Waals surface area contributed by atoms with Crippen molar-refractivity contribution < 1.29 is 20.1 Å². The van der Waals surface area contributed by atoms with Crippen LogP contribution in [-0.4, -0.2) is 47.1 Å². The van der Waals surface area contributed by atoms with Crippen molar-refractivity contribution in [1.82, 2.24) is 5.32 Å². The predicted molar refractivity (Wildman–Crippen MR) is 47.0 cm³/mol. The summed E-state index contributed by atoms with van der Waals surface area (Å²) in [6.07, 6.45) is -1.26. The van der Waals surface area contributed by atoms with E-state index < -0.39 is 17.4 Å². The highest BCUT2D eigenvalue weighted by Crippen LogP contribution is 2.19. The molecule has 0 aliphatic rings. The van der Waals surface area contributed by atoms with Crippen LogP contribution in [0.1, 0.15) is 13.8 Å². The van der Waals surface area contributed by atoms with E-state index in [0.29, 0.717) is 0 Å². The van der Waals surface area contributed by atoms with Crippen molar-refractivity contribution in [3.63, 3.8) is 0 Å². The second-order valence-corrected chi connectivity index (χ2v) is 3.56. The number of carbonyl (C=O) groups is 1. The molecule has 0 aromatic heterocycles. The highest BCUT2D eigenvalue weighted by atomic mass is 16.3. The normalized spacial score (nSPS) is 13.9. The van der Waals surface area contributed by atoms with E-state index in [1.165, 1.54) is 0 Å². The largest absolute Gasteiger partial charge is 0.396 e. The Morgan fingerprint density at radius 3 is 2.38 bits per heavy atom. The number of hydrogen-bond donors (Lipinski definition) is 4. The molecule has 0 aliphatic heterocycles. The van der Waals surface area contributed by atoms with Crippen molar-refractivity contribution >= 4 is 5.91 Å². The quantitative estimate of drug-likeness (QED) is 0.424. The van der Waals surface area contributed by atoms with Gasteiger partial charge in [0.2, 0.25) is 5.91 Å². The standard InChI is InChI=1S/C8H17NO4/c1-8(2,5-11)6(12)7(13)9-3-4-10/h6,10-12H,3-5H2,1-2H3,(H,9,13)/t6-/m0/s1. The van der Waals surface area contributed by atoms with Gasteiger partial charge in [0.15, 0.2) is 0 Å². The van der Waals surface area contributed by atoms with Gasteiger partial charge in [-0.2, -0.15) is 0 Å². The van der Waals surface area contributed by atoms with Gasteiger partial charge in [0.1, 0.15) is 6.10 Å². The summed E-state index contributed by atoms with van der Waals surface area (Å²) in [4.78, 5) is 11.1. The van der Waals surface area contributed by atoms with Crippen LogP contribution in [0.4, 0.5) is 0 Å². The summed E-state index contributed by atoms with van der Waals surface area (Å²) in [6.45, 7) is 2.82. The minimum Gasteiger partial charge on any atom is -0.396 e. The van der Waals surface area contributed by atoms with E-state index >= 15 is 0 Å². The summed E-state index contributed by atoms with van der Waals surface area (Å²) in [5.74, 6) is -0.576. The average molecular weight is 191 g/mol. The zero-order valence-electron chi connectivity index (χ0n) is 7.95. The van der Waals surface area contributed by atoms with E-state index in [0.717, 1.165) is 0 Å². The molecule has 5 nitrogen and oxygen atoms in total. The molecule has 5 heteroatoms. The Balaban J connectivity index is 4.09. The van der Waals surface area contributed by atoms with Crippen LogP contribution in [0.15, 0.2) is 0 Å². The van der Waals surface area contributed by atoms with Crippen LogP contribution in [0, 0.1) is 5.41 Å². The van der Waals surface area contributed by atoms with Gasteiger partial charge in [-0.3, -0.25) is 4.79 Å². The fraction of sp³-hybridized carbons (Fsp3) is 0.875. The van der Waals surface area contributed by atoms with Gasteiger partial charge in [-0.15, -0.1) is 0 Å². The molecule has 78 valence electrons. The SMILES string of the molecule is CC(C)(CO)[C@@H](O)C(=O)NCCO. The maximum atomic E-state index is 11.1. The highest BCUT2D eigenvalue weighted by molar-refractivity contribution is 5.81. The molecule has 0 spiro atoms. The zero-order valence-corrected chi connectivity index (χ0v) is 7.95. The van der Waals surface area contributed by atoms with Gasteiger partial charge in [-0.25, -0.2) is 0 Å². The maximum absolute atomic E-state index is 11.1. The van der Waals surface area contributed by atoms with Crippen LogP contribution in [-0.2, 0) is 4.79 Å². The molecular weight excluding hydrogens is 174 g/mol. The number of rotatable bonds is 5. The van der Waals surface area contributed by atoms with Crippen LogP contribution in [0.2, 0.25) is 0 Å². The summed E-state index contributed by atoms with van der Waals surface area (Å²) in [5.41, 5.74) is -0.862. The van der Waals surface area contributed by atoms with Crippen molar-refractivity contribution in [1.29, 1.82) is 0 Å². The lowest BCUT2D eigenvalue weighted by Gasteiger charge is -2.26. The Morgan fingerprint density at radius 1 is 1.46 bits per heavy atom. The van der Waals surface area contributed by atoms with E-state index in [2.05, 4.69) is 5.32 Å². The molecule has 0 aromatic rings. The van der Waals surface area contributed by atoms with Crippen molar-refractivity contribution in [2.24, 2.45) is 5.41 Å². The molecule has 0 unspecified atom stereocenters. The van der Waals surface area contributed by atoms with Gasteiger partial charge >= 0.3 is 0 Å². The van der Waals surface area contributed by atoms with Crippen molar-refractivity contribution in [2.75, 3.05) is 19.8 Å². The molecular formula is C8H17NO4. The number of carbonyl (C=O) groups excluding carboxylic acids is 1. The first-order valence-electron chi connectivity index (χ1n) is 4.13. The summed E-state index contributed by atoms with van der Waals surface area (Å²) < 4.78 is 0. The van der Waals surface area contributed by atoms with Gasteiger partial charge in [0, 0.05) is 12.0 Å². The average Bonchev–Trinajstić information content (AvgIpc) is 2.12. The van der Waals surface area contributed by atoms with Gasteiger partial charge < -0.3 is 20.6 Å². The molecule has 0 aliphatic carbocycles. The summed E-state index contributed by atoms with van der Waals surface area (Å²) in [7, 11) is 0. The first-order valence-corrected chi connectivity index (χ1v) is 4.13. The lowest BCUT2D eigenvalue weighted by molar-refractivity contribution is -0.137. The monoisotopic (exact) mass is 191 g/mol. The number of hydrogen-bond acceptors (Lipinski definition) is 4. The van der Waals surface area contributed by atoms with Crippen LogP contribution < -0.4 is 5.32 Å². The minimum absolute atomic E-state index is 0.109. The van der Waals surface area contributed by atoms with E-state index in [4.69, 9.17) is 10.2 Å². The first-order chi connectivity index (χ1) is 5.95. The fourth-order valence-electron chi connectivity index (χ4n) is 0.717. The fourth-order valence-corrected chi connectivity index (χ4v) is 0.717. The molecule has 0 heterocycles. The van der Waals surface area contributed by atoms with E-state index in [1.807, 2.05) is 0 Å². The highest BCUT2D eigenvalue weighted by Gasteiger charge is 2.32. The molecule has 4 N–H and O–H groups in total. The molecule has 13 heavy (non-hydrogen) atoms. The first kappa shape index (κ1) is 12.3. The van der Waals surface area contributed by atoms with Gasteiger partial charge in [-0.05, 0) is 0 Å². The van der Waals surface area contributed by atoms with Crippen LogP contribution in [0.3, 0.4) is 0 Å². The topological polar surface area (TPSA) is 89.8 Å². The third kappa shape index (κ3) is 3.71. The molecule has 1 atom stereocenters. The van der Waals surface area contributed by atoms with Gasteiger partial charge in [0.05, 0.1) is 13.2 Å². The van der Waals surface area contributed by atoms with Crippen LogP contribution in [0.25, 0.3) is 0 Å². The lowest BCUT2D eigenvalue weighted by atomic mass is 9.87. The van der Waals surface area contributed by atoms with E-state index in [-0.39, 0.29) is 19.8 Å². The zero-order chi connectivity index (χ0) is 10.5. The molecule has 0 aromatic carbocycles. The van der Waals surface area contributed by atoms with Crippen molar-refractivity contribution in [3.05, 3.63) is 0 Å². The Hall–Kier alpha value is -0.650. The third-order valence-electron chi connectivity index (χ3n) is 1.81. The van der Waals surface area contributed by atoms with Crippen LogP contribution >= 0.6 is 0 Å². The Morgan fingerprint density at radius 2 is 2.00 bits per heavy atom. The third-order valence-corrected chi connectivity index (χ3v) is 1.81. The molecule has 0 saturated heterocycles. The molecule has 0 bridgehead atoms. The van der Waals surface area contributed by atoms with Crippen molar-refractivity contribution in [2.45, 2.75) is 20.0 Å². The number of nitrogens with one attached hydrogen (secondary N) is 1. The lowest BCUT2D eigenvalue weighted by Crippen LogP contribution is -2.46. The maximum Gasteiger partial charge on any atom is 0.249 e. The minimum atomic E-state index is -1.26. The predicted octanol–water partition coefficient (Wildman–Crippen LogP) is -1.53. The summed E-state index contributed by atoms with van der Waals surface area (Å²) in [5, 5.41) is 29.0. The second-order valence-electron chi connectivity index (χ2n) is 3.56. The van der Waals surface area contributed by atoms with Gasteiger partial charge in [-0.1, -0.05) is 13.8 Å². The van der Waals surface area contributed by atoms with Crippen molar-refractivity contribution in [3.8, 4) is 0 Å². The Labute approximate surface area is 77.4 Å². The number of amides is 1. The number of aliphatic hydroxyl groups is 3. The molecule has 0 radical (unpaired) electrons. The Bertz CT molecular complexity index is 170. The summed E-state index contributed by atoms with van der Waals surface area (Å²) >= 11 is 0. The molecule has 1 amide bonds. The summed E-state index contributed by atoms with van der Waals surface area (Å²) in [6, 6.07) is 0. The smallest absolute Gasteiger partial charge is 0.249 e. The molecule has 0 fully saturated rings. The molecule has 0 saturated carbocycles. The molecule has 0 rings (SSSR count). The van der Waals surface area contributed by atoms with Crippen LogP contribution in [0.5, 0.6) is 0 Å². The second kappa shape index (κ2) is 5.16. The van der Waals surface area contributed by atoms with Gasteiger partial charge in [0.25, 0.3) is 0 Å².